The number of likely N-dealkylation sites (N-methyl/N-ethyl adjacent to an activating group) is 1. The second-order valence-corrected chi connectivity index (χ2v) is 9.02. The molecule has 1 fully saturated rings. The van der Waals surface area contributed by atoms with Gasteiger partial charge in [0.25, 0.3) is 10.0 Å². The van der Waals surface area contributed by atoms with Gasteiger partial charge in [-0.2, -0.15) is 0 Å². The van der Waals surface area contributed by atoms with Crippen LogP contribution >= 0.6 is 0 Å². The van der Waals surface area contributed by atoms with Gasteiger partial charge in [-0.05, 0) is 42.8 Å². The smallest absolute Gasteiger partial charge is 0.264 e. The summed E-state index contributed by atoms with van der Waals surface area (Å²) in [6, 6.07) is 15.7. The van der Waals surface area contributed by atoms with Crippen LogP contribution in [0.25, 0.3) is 0 Å². The standard InChI is InChI=1S/C22H29N3O3S/c1-3-19-10-12-20(13-11-19)25(29(27,28)21-8-6-5-7-9-21)18-22(26)24-16-14-23(4-2)15-17-24/h5-13H,3-4,14-18H2,1-2H3. The molecule has 6 nitrogen and oxygen atoms in total. The molecule has 7 heteroatoms. The van der Waals surface area contributed by atoms with E-state index in [4.69, 9.17) is 0 Å². The number of benzene rings is 2. The number of anilines is 1. The summed E-state index contributed by atoms with van der Waals surface area (Å²) in [5.74, 6) is -0.167. The van der Waals surface area contributed by atoms with Crippen LogP contribution in [0.3, 0.4) is 0 Å². The maximum absolute atomic E-state index is 13.4. The molecule has 1 amide bonds. The molecule has 1 aliphatic rings. The summed E-state index contributed by atoms with van der Waals surface area (Å²) in [6.07, 6.45) is 0.867. The van der Waals surface area contributed by atoms with Gasteiger partial charge in [-0.15, -0.1) is 0 Å². The Bertz CT molecular complexity index is 906. The highest BCUT2D eigenvalue weighted by Crippen LogP contribution is 2.24. The quantitative estimate of drug-likeness (QED) is 0.697. The zero-order valence-electron chi connectivity index (χ0n) is 17.1. The fourth-order valence-corrected chi connectivity index (χ4v) is 4.90. The van der Waals surface area contributed by atoms with Crippen LogP contribution in [0.15, 0.2) is 59.5 Å². The van der Waals surface area contributed by atoms with Crippen molar-refractivity contribution in [3.05, 3.63) is 60.2 Å². The Labute approximate surface area is 173 Å². The van der Waals surface area contributed by atoms with E-state index in [2.05, 4.69) is 11.8 Å². The minimum absolute atomic E-state index is 0.167. The highest BCUT2D eigenvalue weighted by Gasteiger charge is 2.30. The number of rotatable bonds is 7. The topological polar surface area (TPSA) is 60.9 Å². The predicted octanol–water partition coefficient (Wildman–Crippen LogP) is 2.61. The van der Waals surface area contributed by atoms with Crippen molar-refractivity contribution in [3.8, 4) is 0 Å². The van der Waals surface area contributed by atoms with Crippen LogP contribution in [0.2, 0.25) is 0 Å². The van der Waals surface area contributed by atoms with Crippen molar-refractivity contribution in [2.24, 2.45) is 0 Å². The molecular formula is C22H29N3O3S. The van der Waals surface area contributed by atoms with Gasteiger partial charge < -0.3 is 9.80 Å². The number of hydrogen-bond donors (Lipinski definition) is 0. The van der Waals surface area contributed by atoms with Gasteiger partial charge in [0.1, 0.15) is 6.54 Å². The third-order valence-corrected chi connectivity index (χ3v) is 7.20. The highest BCUT2D eigenvalue weighted by atomic mass is 32.2. The normalized spacial score (nSPS) is 15.3. The first-order chi connectivity index (χ1) is 14.0. The second kappa shape index (κ2) is 9.41. The molecule has 0 bridgehead atoms. The lowest BCUT2D eigenvalue weighted by atomic mass is 10.1. The van der Waals surface area contributed by atoms with Gasteiger partial charge in [-0.3, -0.25) is 9.10 Å². The van der Waals surface area contributed by atoms with E-state index in [0.717, 1.165) is 31.6 Å². The van der Waals surface area contributed by atoms with Crippen LogP contribution in [-0.2, 0) is 21.2 Å². The third-order valence-electron chi connectivity index (χ3n) is 5.41. The van der Waals surface area contributed by atoms with Crippen LogP contribution in [-0.4, -0.2) is 63.4 Å². The number of aryl methyl sites for hydroxylation is 1. The van der Waals surface area contributed by atoms with Crippen molar-refractivity contribution in [1.82, 2.24) is 9.80 Å². The molecule has 0 saturated carbocycles. The first-order valence-electron chi connectivity index (χ1n) is 10.1. The Morgan fingerprint density at radius 3 is 2.10 bits per heavy atom. The van der Waals surface area contributed by atoms with Crippen LogP contribution in [0.1, 0.15) is 19.4 Å². The number of nitrogens with zero attached hydrogens (tertiary/aromatic N) is 3. The van der Waals surface area contributed by atoms with E-state index < -0.39 is 10.0 Å². The SMILES string of the molecule is CCc1ccc(N(CC(=O)N2CCN(CC)CC2)S(=O)(=O)c2ccccc2)cc1. The monoisotopic (exact) mass is 415 g/mol. The Kier molecular flexibility index (Phi) is 6.92. The van der Waals surface area contributed by atoms with Crippen LogP contribution < -0.4 is 4.31 Å². The minimum atomic E-state index is -3.85. The lowest BCUT2D eigenvalue weighted by molar-refractivity contribution is -0.131. The zero-order chi connectivity index (χ0) is 20.9. The Balaban J connectivity index is 1.87. The maximum Gasteiger partial charge on any atom is 0.264 e. The summed E-state index contributed by atoms with van der Waals surface area (Å²) < 4.78 is 27.9. The van der Waals surface area contributed by atoms with Gasteiger partial charge in [0, 0.05) is 26.2 Å². The summed E-state index contributed by atoms with van der Waals surface area (Å²) in [5, 5.41) is 0. The van der Waals surface area contributed by atoms with Crippen molar-refractivity contribution in [1.29, 1.82) is 0 Å². The summed E-state index contributed by atoms with van der Waals surface area (Å²) in [6.45, 7) is 7.80. The van der Waals surface area contributed by atoms with Gasteiger partial charge in [-0.1, -0.05) is 44.2 Å². The number of sulfonamides is 1. The lowest BCUT2D eigenvalue weighted by Gasteiger charge is -2.35. The number of amides is 1. The molecule has 29 heavy (non-hydrogen) atoms. The van der Waals surface area contributed by atoms with Crippen molar-refractivity contribution in [2.75, 3.05) is 43.6 Å². The summed E-state index contributed by atoms with van der Waals surface area (Å²) in [7, 11) is -3.85. The molecule has 0 N–H and O–H groups in total. The van der Waals surface area contributed by atoms with Crippen molar-refractivity contribution in [2.45, 2.75) is 25.2 Å². The Morgan fingerprint density at radius 1 is 0.931 bits per heavy atom. The van der Waals surface area contributed by atoms with Crippen LogP contribution in [0, 0.1) is 0 Å². The van der Waals surface area contributed by atoms with Crippen LogP contribution in [0.5, 0.6) is 0 Å². The van der Waals surface area contributed by atoms with E-state index in [9.17, 15) is 13.2 Å². The fraction of sp³-hybridized carbons (Fsp3) is 0.409. The molecule has 2 aromatic rings. The van der Waals surface area contributed by atoms with Gasteiger partial charge in [0.2, 0.25) is 5.91 Å². The van der Waals surface area contributed by atoms with E-state index >= 15 is 0 Å². The van der Waals surface area contributed by atoms with Crippen LogP contribution in [0.4, 0.5) is 5.69 Å². The molecule has 0 unspecified atom stereocenters. The average Bonchev–Trinajstić information content (AvgIpc) is 2.78. The lowest BCUT2D eigenvalue weighted by Crippen LogP contribution is -2.51. The molecule has 156 valence electrons. The Morgan fingerprint density at radius 2 is 1.55 bits per heavy atom. The number of hydrogen-bond acceptors (Lipinski definition) is 4. The molecule has 3 rings (SSSR count). The molecule has 0 aliphatic carbocycles. The minimum Gasteiger partial charge on any atom is -0.339 e. The molecule has 0 atom stereocenters. The molecule has 0 radical (unpaired) electrons. The van der Waals surface area contributed by atoms with E-state index in [1.807, 2.05) is 19.1 Å². The van der Waals surface area contributed by atoms with Crippen molar-refractivity contribution >= 4 is 21.6 Å². The van der Waals surface area contributed by atoms with E-state index in [1.54, 1.807) is 47.4 Å². The van der Waals surface area contributed by atoms with Gasteiger partial charge in [0.15, 0.2) is 0 Å². The molecule has 0 spiro atoms. The fourth-order valence-electron chi connectivity index (χ4n) is 3.47. The van der Waals surface area contributed by atoms with Crippen molar-refractivity contribution in [3.63, 3.8) is 0 Å². The molecular weight excluding hydrogens is 386 g/mol. The zero-order valence-corrected chi connectivity index (χ0v) is 17.9. The van der Waals surface area contributed by atoms with Gasteiger partial charge in [-0.25, -0.2) is 8.42 Å². The molecule has 1 aliphatic heterocycles. The third kappa shape index (κ3) is 4.97. The number of carbonyl (C=O) groups excluding carboxylic acids is 1. The van der Waals surface area contributed by atoms with E-state index in [-0.39, 0.29) is 17.3 Å². The molecule has 1 saturated heterocycles. The predicted molar refractivity (Wildman–Crippen MR) is 115 cm³/mol. The second-order valence-electron chi connectivity index (χ2n) is 7.16. The Hall–Kier alpha value is -2.38. The summed E-state index contributed by atoms with van der Waals surface area (Å²) in [5.41, 5.74) is 1.62. The number of carbonyl (C=O) groups is 1. The maximum atomic E-state index is 13.4. The van der Waals surface area contributed by atoms with Gasteiger partial charge in [0.05, 0.1) is 10.6 Å². The van der Waals surface area contributed by atoms with Crippen molar-refractivity contribution < 1.29 is 13.2 Å². The van der Waals surface area contributed by atoms with E-state index in [0.29, 0.717) is 18.8 Å². The summed E-state index contributed by atoms with van der Waals surface area (Å²) >= 11 is 0. The largest absolute Gasteiger partial charge is 0.339 e. The molecule has 0 aromatic heterocycles. The molecule has 2 aromatic carbocycles. The first kappa shape index (κ1) is 21.3. The first-order valence-corrected chi connectivity index (χ1v) is 11.6. The average molecular weight is 416 g/mol. The summed E-state index contributed by atoms with van der Waals surface area (Å²) in [4.78, 5) is 17.2. The molecule has 1 heterocycles. The van der Waals surface area contributed by atoms with Gasteiger partial charge >= 0.3 is 0 Å². The number of piperazine rings is 1. The highest BCUT2D eigenvalue weighted by molar-refractivity contribution is 7.92. The van der Waals surface area contributed by atoms with E-state index in [1.165, 1.54) is 4.31 Å².